The van der Waals surface area contributed by atoms with Crippen LogP contribution in [-0.4, -0.2) is 5.91 Å². The average Bonchev–Trinajstić information content (AvgIpc) is 2.47. The highest BCUT2D eigenvalue weighted by Crippen LogP contribution is 2.19. The molecule has 1 N–H and O–H groups in total. The summed E-state index contributed by atoms with van der Waals surface area (Å²) in [6.07, 6.45) is 0.313. The Morgan fingerprint density at radius 2 is 1.71 bits per heavy atom. The number of anilines is 1. The maximum Gasteiger partial charge on any atom is 0.228 e. The van der Waals surface area contributed by atoms with E-state index >= 15 is 0 Å². The molecule has 21 heavy (non-hydrogen) atoms. The Hall–Kier alpha value is -2.32. The summed E-state index contributed by atoms with van der Waals surface area (Å²) in [4.78, 5) is 12.1. The van der Waals surface area contributed by atoms with Gasteiger partial charge in [-0.05, 0) is 40.6 Å². The summed E-state index contributed by atoms with van der Waals surface area (Å²) in [5.74, 6) is -0.0486. The lowest BCUT2D eigenvalue weighted by molar-refractivity contribution is -0.115. The molecule has 2 nitrogen and oxygen atoms in total. The minimum atomic E-state index is -0.0486. The van der Waals surface area contributed by atoms with Gasteiger partial charge in [0, 0.05) is 10.7 Å². The van der Waals surface area contributed by atoms with Crippen LogP contribution in [0.15, 0.2) is 66.7 Å². The van der Waals surface area contributed by atoms with Crippen LogP contribution in [0.2, 0.25) is 5.02 Å². The van der Waals surface area contributed by atoms with Crippen LogP contribution in [-0.2, 0) is 11.2 Å². The van der Waals surface area contributed by atoms with Crippen molar-refractivity contribution in [3.8, 4) is 0 Å². The van der Waals surface area contributed by atoms with Crippen LogP contribution in [0, 0.1) is 0 Å². The molecule has 0 aliphatic carbocycles. The number of rotatable bonds is 3. The monoisotopic (exact) mass is 295 g/mol. The van der Waals surface area contributed by atoms with Crippen LogP contribution in [0.4, 0.5) is 5.69 Å². The van der Waals surface area contributed by atoms with Gasteiger partial charge < -0.3 is 5.32 Å². The third-order valence-electron chi connectivity index (χ3n) is 3.29. The predicted molar refractivity (Wildman–Crippen MR) is 87.7 cm³/mol. The van der Waals surface area contributed by atoms with E-state index in [4.69, 9.17) is 11.6 Å². The number of fused-ring (bicyclic) bond motifs is 1. The van der Waals surface area contributed by atoms with Gasteiger partial charge >= 0.3 is 0 Å². The van der Waals surface area contributed by atoms with E-state index in [0.717, 1.165) is 22.0 Å². The molecule has 104 valence electrons. The smallest absolute Gasteiger partial charge is 0.228 e. The number of amides is 1. The Bertz CT molecular complexity index is 798. The number of hydrogen-bond acceptors (Lipinski definition) is 1. The highest BCUT2D eigenvalue weighted by Gasteiger charge is 2.05. The molecule has 3 rings (SSSR count). The van der Waals surface area contributed by atoms with Crippen molar-refractivity contribution in [2.75, 3.05) is 5.32 Å². The summed E-state index contributed by atoms with van der Waals surface area (Å²) in [5, 5.41) is 5.83. The van der Waals surface area contributed by atoms with Crippen LogP contribution >= 0.6 is 11.6 Å². The first kappa shape index (κ1) is 13.7. The first-order valence-corrected chi connectivity index (χ1v) is 7.11. The maximum absolute atomic E-state index is 12.1. The van der Waals surface area contributed by atoms with Crippen molar-refractivity contribution in [3.63, 3.8) is 0 Å². The number of carbonyl (C=O) groups excluding carboxylic acids is 1. The van der Waals surface area contributed by atoms with E-state index < -0.39 is 0 Å². The zero-order valence-corrected chi connectivity index (χ0v) is 12.1. The average molecular weight is 296 g/mol. The van der Waals surface area contributed by atoms with Gasteiger partial charge in [0.1, 0.15) is 0 Å². The Morgan fingerprint density at radius 3 is 2.52 bits per heavy atom. The fraction of sp³-hybridized carbons (Fsp3) is 0.0556. The molecule has 0 unspecified atom stereocenters. The van der Waals surface area contributed by atoms with E-state index in [1.54, 1.807) is 6.07 Å². The molecule has 0 saturated carbocycles. The Balaban J connectivity index is 1.74. The molecule has 0 fully saturated rings. The quantitative estimate of drug-likeness (QED) is 0.747. The Labute approximate surface area is 128 Å². The van der Waals surface area contributed by atoms with Gasteiger partial charge in [-0.25, -0.2) is 0 Å². The lowest BCUT2D eigenvalue weighted by Crippen LogP contribution is -2.14. The lowest BCUT2D eigenvalue weighted by Gasteiger charge is -2.07. The number of hydrogen-bond donors (Lipinski definition) is 1. The van der Waals surface area contributed by atoms with Crippen molar-refractivity contribution >= 4 is 34.0 Å². The van der Waals surface area contributed by atoms with E-state index in [2.05, 4.69) is 5.32 Å². The molecule has 3 aromatic carbocycles. The second-order valence-corrected chi connectivity index (χ2v) is 5.35. The molecule has 0 aliphatic rings. The molecule has 0 radical (unpaired) electrons. The van der Waals surface area contributed by atoms with Gasteiger partial charge in [-0.3, -0.25) is 4.79 Å². The van der Waals surface area contributed by atoms with E-state index in [1.165, 1.54) is 0 Å². The predicted octanol–water partition coefficient (Wildman–Crippen LogP) is 4.67. The van der Waals surface area contributed by atoms with Crippen molar-refractivity contribution < 1.29 is 4.79 Å². The summed E-state index contributed by atoms with van der Waals surface area (Å²) >= 11 is 5.92. The summed E-state index contributed by atoms with van der Waals surface area (Å²) in [5.41, 5.74) is 1.71. The second-order valence-electron chi connectivity index (χ2n) is 4.92. The SMILES string of the molecule is O=C(Cc1cccc(Cl)c1)Nc1ccc2ccccc2c1. The molecule has 3 heteroatoms. The topological polar surface area (TPSA) is 29.1 Å². The van der Waals surface area contributed by atoms with Gasteiger partial charge in [-0.15, -0.1) is 0 Å². The highest BCUT2D eigenvalue weighted by molar-refractivity contribution is 6.30. The van der Waals surface area contributed by atoms with E-state index in [0.29, 0.717) is 11.4 Å². The fourth-order valence-electron chi connectivity index (χ4n) is 2.30. The molecular weight excluding hydrogens is 282 g/mol. The van der Waals surface area contributed by atoms with Crippen molar-refractivity contribution in [1.29, 1.82) is 0 Å². The van der Waals surface area contributed by atoms with Gasteiger partial charge in [0.2, 0.25) is 5.91 Å². The standard InChI is InChI=1S/C18H14ClNO/c19-16-7-3-4-13(10-16)11-18(21)20-17-9-8-14-5-1-2-6-15(14)12-17/h1-10,12H,11H2,(H,20,21). The van der Waals surface area contributed by atoms with Crippen LogP contribution in [0.1, 0.15) is 5.56 Å². The zero-order chi connectivity index (χ0) is 14.7. The first-order chi connectivity index (χ1) is 10.2. The molecule has 0 aromatic heterocycles. The number of benzene rings is 3. The van der Waals surface area contributed by atoms with E-state index in [-0.39, 0.29) is 5.91 Å². The van der Waals surface area contributed by atoms with Gasteiger partial charge in [0.25, 0.3) is 0 Å². The minimum absolute atomic E-state index is 0.0486. The third kappa shape index (κ3) is 3.41. The van der Waals surface area contributed by atoms with Crippen molar-refractivity contribution in [2.24, 2.45) is 0 Å². The van der Waals surface area contributed by atoms with Crippen molar-refractivity contribution in [1.82, 2.24) is 0 Å². The lowest BCUT2D eigenvalue weighted by atomic mass is 10.1. The van der Waals surface area contributed by atoms with Crippen molar-refractivity contribution in [3.05, 3.63) is 77.3 Å². The number of carbonyl (C=O) groups is 1. The second kappa shape index (κ2) is 5.98. The van der Waals surface area contributed by atoms with Gasteiger partial charge in [-0.2, -0.15) is 0 Å². The summed E-state index contributed by atoms with van der Waals surface area (Å²) in [6, 6.07) is 21.3. The molecule has 0 atom stereocenters. The molecule has 3 aromatic rings. The largest absolute Gasteiger partial charge is 0.326 e. The van der Waals surface area contributed by atoms with Gasteiger partial charge in [-0.1, -0.05) is 54.1 Å². The van der Waals surface area contributed by atoms with Crippen LogP contribution < -0.4 is 5.32 Å². The molecule has 0 saturated heterocycles. The number of halogens is 1. The van der Waals surface area contributed by atoms with Crippen molar-refractivity contribution in [2.45, 2.75) is 6.42 Å². The van der Waals surface area contributed by atoms with Crippen LogP contribution in [0.25, 0.3) is 10.8 Å². The zero-order valence-electron chi connectivity index (χ0n) is 11.3. The normalized spacial score (nSPS) is 10.5. The first-order valence-electron chi connectivity index (χ1n) is 6.74. The molecule has 1 amide bonds. The Kier molecular flexibility index (Phi) is 3.89. The summed E-state index contributed by atoms with van der Waals surface area (Å²) in [6.45, 7) is 0. The summed E-state index contributed by atoms with van der Waals surface area (Å²) < 4.78 is 0. The third-order valence-corrected chi connectivity index (χ3v) is 3.52. The number of nitrogens with one attached hydrogen (secondary N) is 1. The molecule has 0 aliphatic heterocycles. The van der Waals surface area contributed by atoms with Crippen LogP contribution in [0.5, 0.6) is 0 Å². The highest BCUT2D eigenvalue weighted by atomic mass is 35.5. The van der Waals surface area contributed by atoms with Gasteiger partial charge in [0.05, 0.1) is 6.42 Å². The Morgan fingerprint density at radius 1 is 0.905 bits per heavy atom. The van der Waals surface area contributed by atoms with Crippen LogP contribution in [0.3, 0.4) is 0 Å². The minimum Gasteiger partial charge on any atom is -0.326 e. The molecule has 0 spiro atoms. The molecule has 0 heterocycles. The maximum atomic E-state index is 12.1. The molecule has 0 bridgehead atoms. The van der Waals surface area contributed by atoms with Gasteiger partial charge in [0.15, 0.2) is 0 Å². The fourth-order valence-corrected chi connectivity index (χ4v) is 2.52. The van der Waals surface area contributed by atoms with E-state index in [9.17, 15) is 4.79 Å². The molecular formula is C18H14ClNO. The summed E-state index contributed by atoms with van der Waals surface area (Å²) in [7, 11) is 0. The van der Waals surface area contributed by atoms with E-state index in [1.807, 2.05) is 60.7 Å².